The standard InChI is InChI=1S/C24H26N2O3S/c27-24(20-10-8-19(9-11-20)18-29-21-5-2-1-3-6-21)25-17-22(23-7-4-16-30-23)26-12-14-28-15-13-26/h1-11,16,22H,12-15,17-18H2,(H,25,27)/t22-/m0/s1. The average molecular weight is 423 g/mol. The topological polar surface area (TPSA) is 50.8 Å². The summed E-state index contributed by atoms with van der Waals surface area (Å²) in [7, 11) is 0. The molecule has 1 amide bonds. The van der Waals surface area contributed by atoms with Gasteiger partial charge in [0.2, 0.25) is 0 Å². The fraction of sp³-hybridized carbons (Fsp3) is 0.292. The lowest BCUT2D eigenvalue weighted by atomic mass is 10.1. The van der Waals surface area contributed by atoms with E-state index in [0.717, 1.165) is 37.6 Å². The van der Waals surface area contributed by atoms with E-state index in [2.05, 4.69) is 27.7 Å². The highest BCUT2D eigenvalue weighted by molar-refractivity contribution is 7.10. The van der Waals surface area contributed by atoms with E-state index in [4.69, 9.17) is 9.47 Å². The number of ether oxygens (including phenoxy) is 2. The summed E-state index contributed by atoms with van der Waals surface area (Å²) in [5.74, 6) is 0.780. The van der Waals surface area contributed by atoms with Gasteiger partial charge in [0.15, 0.2) is 0 Å². The van der Waals surface area contributed by atoms with E-state index in [1.807, 2.05) is 54.6 Å². The lowest BCUT2D eigenvalue weighted by Crippen LogP contribution is -2.43. The minimum absolute atomic E-state index is 0.0552. The highest BCUT2D eigenvalue weighted by Gasteiger charge is 2.24. The third kappa shape index (κ3) is 5.48. The molecule has 1 atom stereocenters. The van der Waals surface area contributed by atoms with Crippen molar-refractivity contribution in [3.05, 3.63) is 88.1 Å². The molecule has 0 aliphatic carbocycles. The normalized spacial score (nSPS) is 15.5. The van der Waals surface area contributed by atoms with Crippen LogP contribution in [0.3, 0.4) is 0 Å². The van der Waals surface area contributed by atoms with Gasteiger partial charge in [-0.05, 0) is 41.3 Å². The molecule has 156 valence electrons. The van der Waals surface area contributed by atoms with Gasteiger partial charge in [-0.2, -0.15) is 0 Å². The van der Waals surface area contributed by atoms with Crippen LogP contribution < -0.4 is 10.1 Å². The molecule has 1 fully saturated rings. The summed E-state index contributed by atoms with van der Waals surface area (Å²) in [6.07, 6.45) is 0. The van der Waals surface area contributed by atoms with E-state index in [-0.39, 0.29) is 11.9 Å². The Labute approximate surface area is 181 Å². The zero-order valence-corrected chi connectivity index (χ0v) is 17.6. The number of hydrogen-bond acceptors (Lipinski definition) is 5. The number of thiophene rings is 1. The van der Waals surface area contributed by atoms with Crippen molar-refractivity contribution >= 4 is 17.2 Å². The van der Waals surface area contributed by atoms with E-state index < -0.39 is 0 Å². The number of carbonyl (C=O) groups excluding carboxylic acids is 1. The van der Waals surface area contributed by atoms with Crippen LogP contribution in [0.2, 0.25) is 0 Å². The Morgan fingerprint density at radius 3 is 2.50 bits per heavy atom. The van der Waals surface area contributed by atoms with Crippen LogP contribution in [0.1, 0.15) is 26.8 Å². The molecule has 1 aliphatic heterocycles. The van der Waals surface area contributed by atoms with Gasteiger partial charge in [-0.3, -0.25) is 9.69 Å². The number of hydrogen-bond donors (Lipinski definition) is 1. The Morgan fingerprint density at radius 2 is 1.80 bits per heavy atom. The quantitative estimate of drug-likeness (QED) is 0.593. The summed E-state index contributed by atoms with van der Waals surface area (Å²) in [5, 5.41) is 5.20. The Bertz CT molecular complexity index is 907. The molecular weight excluding hydrogens is 396 g/mol. The monoisotopic (exact) mass is 422 g/mol. The van der Waals surface area contributed by atoms with Crippen molar-refractivity contribution in [2.75, 3.05) is 32.8 Å². The van der Waals surface area contributed by atoms with Crippen LogP contribution in [0, 0.1) is 0 Å². The van der Waals surface area contributed by atoms with E-state index in [1.165, 1.54) is 4.88 Å². The van der Waals surface area contributed by atoms with Crippen LogP contribution in [0.4, 0.5) is 0 Å². The molecule has 0 saturated carbocycles. The fourth-order valence-corrected chi connectivity index (χ4v) is 4.37. The maximum atomic E-state index is 12.7. The molecule has 0 unspecified atom stereocenters. The summed E-state index contributed by atoms with van der Waals surface area (Å²) >= 11 is 1.73. The molecule has 4 rings (SSSR count). The SMILES string of the molecule is O=C(NC[C@@H](c1cccs1)N1CCOCC1)c1ccc(COc2ccccc2)cc1. The molecule has 0 spiro atoms. The van der Waals surface area contributed by atoms with E-state index in [0.29, 0.717) is 18.7 Å². The number of benzene rings is 2. The van der Waals surface area contributed by atoms with Crippen molar-refractivity contribution in [3.8, 4) is 5.75 Å². The predicted molar refractivity (Wildman–Crippen MR) is 119 cm³/mol. The molecule has 1 aromatic heterocycles. The maximum absolute atomic E-state index is 12.7. The first kappa shape index (κ1) is 20.6. The zero-order valence-electron chi connectivity index (χ0n) is 16.8. The summed E-state index contributed by atoms with van der Waals surface area (Å²) in [6, 6.07) is 21.7. The number of carbonyl (C=O) groups is 1. The first-order chi connectivity index (χ1) is 14.8. The molecule has 1 N–H and O–H groups in total. The molecule has 1 aliphatic rings. The lowest BCUT2D eigenvalue weighted by molar-refractivity contribution is 0.0169. The number of amides is 1. The van der Waals surface area contributed by atoms with Gasteiger partial charge in [-0.1, -0.05) is 36.4 Å². The van der Waals surface area contributed by atoms with Gasteiger partial charge in [-0.25, -0.2) is 0 Å². The number of rotatable bonds is 8. The second-order valence-corrected chi connectivity index (χ2v) is 8.17. The highest BCUT2D eigenvalue weighted by Crippen LogP contribution is 2.25. The second-order valence-electron chi connectivity index (χ2n) is 7.19. The minimum Gasteiger partial charge on any atom is -0.489 e. The lowest BCUT2D eigenvalue weighted by Gasteiger charge is -2.34. The molecular formula is C24H26N2O3S. The first-order valence-electron chi connectivity index (χ1n) is 10.2. The molecule has 2 aromatic carbocycles. The van der Waals surface area contributed by atoms with Crippen LogP contribution in [0.15, 0.2) is 72.1 Å². The average Bonchev–Trinajstić information content (AvgIpc) is 3.34. The molecule has 5 nitrogen and oxygen atoms in total. The molecule has 2 heterocycles. The largest absolute Gasteiger partial charge is 0.489 e. The van der Waals surface area contributed by atoms with Crippen LogP contribution in [-0.2, 0) is 11.3 Å². The van der Waals surface area contributed by atoms with Crippen LogP contribution in [0.5, 0.6) is 5.75 Å². The van der Waals surface area contributed by atoms with Gasteiger partial charge < -0.3 is 14.8 Å². The van der Waals surface area contributed by atoms with Crippen molar-refractivity contribution in [2.45, 2.75) is 12.6 Å². The first-order valence-corrected chi connectivity index (χ1v) is 11.1. The Morgan fingerprint density at radius 1 is 1.03 bits per heavy atom. The number of nitrogens with zero attached hydrogens (tertiary/aromatic N) is 1. The van der Waals surface area contributed by atoms with Gasteiger partial charge in [0, 0.05) is 30.1 Å². The van der Waals surface area contributed by atoms with Crippen molar-refractivity contribution < 1.29 is 14.3 Å². The third-order valence-corrected chi connectivity index (χ3v) is 6.15. The van der Waals surface area contributed by atoms with Crippen molar-refractivity contribution in [1.29, 1.82) is 0 Å². The van der Waals surface area contributed by atoms with Crippen LogP contribution in [0.25, 0.3) is 0 Å². The van der Waals surface area contributed by atoms with Crippen molar-refractivity contribution in [3.63, 3.8) is 0 Å². The van der Waals surface area contributed by atoms with Crippen LogP contribution in [-0.4, -0.2) is 43.7 Å². The van der Waals surface area contributed by atoms with Gasteiger partial charge in [-0.15, -0.1) is 11.3 Å². The third-order valence-electron chi connectivity index (χ3n) is 5.18. The van der Waals surface area contributed by atoms with Crippen molar-refractivity contribution in [2.24, 2.45) is 0 Å². The number of nitrogens with one attached hydrogen (secondary N) is 1. The fourth-order valence-electron chi connectivity index (χ4n) is 3.51. The highest BCUT2D eigenvalue weighted by atomic mass is 32.1. The molecule has 1 saturated heterocycles. The number of morpholine rings is 1. The second kappa shape index (κ2) is 10.4. The van der Waals surface area contributed by atoms with Gasteiger partial charge >= 0.3 is 0 Å². The number of para-hydroxylation sites is 1. The Balaban J connectivity index is 1.33. The molecule has 0 bridgehead atoms. The van der Waals surface area contributed by atoms with Crippen molar-refractivity contribution in [1.82, 2.24) is 10.2 Å². The Hall–Kier alpha value is -2.67. The van der Waals surface area contributed by atoms with Crippen LogP contribution >= 0.6 is 11.3 Å². The Kier molecular flexibility index (Phi) is 7.13. The molecule has 30 heavy (non-hydrogen) atoms. The predicted octanol–water partition coefficient (Wildman–Crippen LogP) is 4.13. The molecule has 6 heteroatoms. The van der Waals surface area contributed by atoms with E-state index in [9.17, 15) is 4.79 Å². The maximum Gasteiger partial charge on any atom is 0.251 e. The summed E-state index contributed by atoms with van der Waals surface area (Å²) in [4.78, 5) is 16.4. The van der Waals surface area contributed by atoms with E-state index >= 15 is 0 Å². The summed E-state index contributed by atoms with van der Waals surface area (Å²) in [5.41, 5.74) is 1.69. The van der Waals surface area contributed by atoms with Gasteiger partial charge in [0.25, 0.3) is 5.91 Å². The molecule has 0 radical (unpaired) electrons. The zero-order chi connectivity index (χ0) is 20.6. The van der Waals surface area contributed by atoms with Gasteiger partial charge in [0.1, 0.15) is 12.4 Å². The summed E-state index contributed by atoms with van der Waals surface area (Å²) in [6.45, 7) is 4.30. The van der Waals surface area contributed by atoms with E-state index in [1.54, 1.807) is 11.3 Å². The molecule has 3 aromatic rings. The minimum atomic E-state index is -0.0552. The summed E-state index contributed by atoms with van der Waals surface area (Å²) < 4.78 is 11.3. The smallest absolute Gasteiger partial charge is 0.251 e. The van der Waals surface area contributed by atoms with Gasteiger partial charge in [0.05, 0.1) is 19.3 Å².